The minimum atomic E-state index is -3.05. The summed E-state index contributed by atoms with van der Waals surface area (Å²) in [7, 11) is -1.59. The van der Waals surface area contributed by atoms with E-state index in [1.165, 1.54) is 7.11 Å². The third-order valence-corrected chi connectivity index (χ3v) is 5.47. The van der Waals surface area contributed by atoms with Crippen LogP contribution in [0, 0.1) is 0 Å². The Bertz CT molecular complexity index is 815. The molecule has 1 atom stereocenters. The molecule has 122 valence electrons. The van der Waals surface area contributed by atoms with E-state index in [2.05, 4.69) is 10.4 Å². The molecule has 8 heteroatoms. The SMILES string of the molecule is COc1cn(-c2ccccc2)nc1C(=O)N[C@@H]1CCS(=O)(=O)C1. The highest BCUT2D eigenvalue weighted by Crippen LogP contribution is 2.20. The van der Waals surface area contributed by atoms with Gasteiger partial charge in [0.2, 0.25) is 0 Å². The predicted molar refractivity (Wildman–Crippen MR) is 84.6 cm³/mol. The molecule has 1 aromatic heterocycles. The van der Waals surface area contributed by atoms with Gasteiger partial charge in [-0.1, -0.05) is 18.2 Å². The molecular weight excluding hydrogens is 318 g/mol. The molecule has 0 saturated carbocycles. The maximum atomic E-state index is 12.4. The van der Waals surface area contributed by atoms with Crippen molar-refractivity contribution in [1.29, 1.82) is 0 Å². The van der Waals surface area contributed by atoms with Gasteiger partial charge in [-0.25, -0.2) is 13.1 Å². The van der Waals surface area contributed by atoms with Gasteiger partial charge in [-0.3, -0.25) is 4.79 Å². The number of rotatable bonds is 4. The number of hydrogen-bond donors (Lipinski definition) is 1. The molecule has 1 saturated heterocycles. The van der Waals surface area contributed by atoms with Crippen molar-refractivity contribution in [3.05, 3.63) is 42.2 Å². The Kier molecular flexibility index (Phi) is 4.08. The first-order valence-electron chi connectivity index (χ1n) is 7.19. The maximum Gasteiger partial charge on any atom is 0.275 e. The number of carbonyl (C=O) groups is 1. The zero-order chi connectivity index (χ0) is 16.4. The van der Waals surface area contributed by atoms with Gasteiger partial charge in [-0.05, 0) is 18.6 Å². The number of hydrogen-bond acceptors (Lipinski definition) is 5. The normalized spacial score (nSPS) is 19.4. The van der Waals surface area contributed by atoms with Gasteiger partial charge in [0.1, 0.15) is 0 Å². The topological polar surface area (TPSA) is 90.3 Å². The summed E-state index contributed by atoms with van der Waals surface area (Å²) in [6.45, 7) is 0. The van der Waals surface area contributed by atoms with Gasteiger partial charge in [0.15, 0.2) is 21.3 Å². The molecule has 1 N–H and O–H groups in total. The molecule has 1 fully saturated rings. The fourth-order valence-electron chi connectivity index (χ4n) is 2.54. The third-order valence-electron chi connectivity index (χ3n) is 3.70. The van der Waals surface area contributed by atoms with Crippen molar-refractivity contribution in [2.75, 3.05) is 18.6 Å². The van der Waals surface area contributed by atoms with Crippen LogP contribution in [0.15, 0.2) is 36.5 Å². The van der Waals surface area contributed by atoms with Gasteiger partial charge < -0.3 is 10.1 Å². The highest BCUT2D eigenvalue weighted by atomic mass is 32.2. The lowest BCUT2D eigenvalue weighted by atomic mass is 10.2. The third kappa shape index (κ3) is 3.37. The van der Waals surface area contributed by atoms with E-state index in [0.717, 1.165) is 5.69 Å². The van der Waals surface area contributed by atoms with Crippen molar-refractivity contribution < 1.29 is 17.9 Å². The summed E-state index contributed by atoms with van der Waals surface area (Å²) in [5, 5.41) is 6.98. The summed E-state index contributed by atoms with van der Waals surface area (Å²) < 4.78 is 29.7. The average molecular weight is 335 g/mol. The fraction of sp³-hybridized carbons (Fsp3) is 0.333. The quantitative estimate of drug-likeness (QED) is 0.892. The van der Waals surface area contributed by atoms with Crippen LogP contribution in [0.3, 0.4) is 0 Å². The van der Waals surface area contributed by atoms with E-state index in [4.69, 9.17) is 4.74 Å². The Labute approximate surface area is 134 Å². The van der Waals surface area contributed by atoms with Gasteiger partial charge in [-0.15, -0.1) is 0 Å². The van der Waals surface area contributed by atoms with E-state index in [1.54, 1.807) is 10.9 Å². The number of ether oxygens (including phenoxy) is 1. The number of amides is 1. The Morgan fingerprint density at radius 1 is 1.35 bits per heavy atom. The average Bonchev–Trinajstić information content (AvgIpc) is 3.11. The van der Waals surface area contributed by atoms with Crippen LogP contribution in [0.2, 0.25) is 0 Å². The molecule has 1 aromatic carbocycles. The summed E-state index contributed by atoms with van der Waals surface area (Å²) in [5.41, 5.74) is 0.939. The molecule has 0 unspecified atom stereocenters. The summed E-state index contributed by atoms with van der Waals surface area (Å²) >= 11 is 0. The summed E-state index contributed by atoms with van der Waals surface area (Å²) in [6, 6.07) is 8.96. The second-order valence-electron chi connectivity index (χ2n) is 5.40. The minimum absolute atomic E-state index is 0.0273. The van der Waals surface area contributed by atoms with Gasteiger partial charge in [-0.2, -0.15) is 5.10 Å². The predicted octanol–water partition coefficient (Wildman–Crippen LogP) is 0.798. The highest BCUT2D eigenvalue weighted by Gasteiger charge is 2.30. The lowest BCUT2D eigenvalue weighted by Gasteiger charge is -2.09. The second kappa shape index (κ2) is 6.04. The number of para-hydroxylation sites is 1. The molecule has 7 nitrogen and oxygen atoms in total. The van der Waals surface area contributed by atoms with Gasteiger partial charge in [0, 0.05) is 6.04 Å². The number of methoxy groups -OCH3 is 1. The maximum absolute atomic E-state index is 12.4. The fourth-order valence-corrected chi connectivity index (χ4v) is 4.21. The standard InChI is InChI=1S/C15H17N3O4S/c1-22-13-9-18(12-5-3-2-4-6-12)17-14(13)15(19)16-11-7-8-23(20,21)10-11/h2-6,9,11H,7-8,10H2,1H3,(H,16,19)/t11-/m1/s1. The Balaban J connectivity index is 1.82. The first kappa shape index (κ1) is 15.5. The zero-order valence-electron chi connectivity index (χ0n) is 12.6. The van der Waals surface area contributed by atoms with Gasteiger partial charge in [0.05, 0.1) is 30.5 Å². The van der Waals surface area contributed by atoms with Crippen molar-refractivity contribution >= 4 is 15.7 Å². The number of carbonyl (C=O) groups excluding carboxylic acids is 1. The van der Waals surface area contributed by atoms with E-state index < -0.39 is 15.7 Å². The van der Waals surface area contributed by atoms with E-state index in [0.29, 0.717) is 12.2 Å². The first-order chi connectivity index (χ1) is 11.0. The molecular formula is C15H17N3O4S. The van der Waals surface area contributed by atoms with Crippen molar-refractivity contribution in [1.82, 2.24) is 15.1 Å². The van der Waals surface area contributed by atoms with Crippen LogP contribution in [0.5, 0.6) is 5.75 Å². The highest BCUT2D eigenvalue weighted by molar-refractivity contribution is 7.91. The largest absolute Gasteiger partial charge is 0.493 e. The van der Waals surface area contributed by atoms with Crippen LogP contribution in [0.25, 0.3) is 5.69 Å². The molecule has 1 amide bonds. The van der Waals surface area contributed by atoms with Crippen LogP contribution >= 0.6 is 0 Å². The molecule has 0 aliphatic carbocycles. The van der Waals surface area contributed by atoms with Gasteiger partial charge >= 0.3 is 0 Å². The number of benzene rings is 1. The van der Waals surface area contributed by atoms with E-state index in [9.17, 15) is 13.2 Å². The first-order valence-corrected chi connectivity index (χ1v) is 9.01. The molecule has 3 rings (SSSR count). The number of nitrogens with zero attached hydrogens (tertiary/aromatic N) is 2. The van der Waals surface area contributed by atoms with Crippen LogP contribution < -0.4 is 10.1 Å². The molecule has 1 aliphatic rings. The van der Waals surface area contributed by atoms with Crippen molar-refractivity contribution in [3.63, 3.8) is 0 Å². The minimum Gasteiger partial charge on any atom is -0.493 e. The summed E-state index contributed by atoms with van der Waals surface area (Å²) in [6.07, 6.45) is 2.05. The molecule has 1 aliphatic heterocycles. The molecule has 23 heavy (non-hydrogen) atoms. The molecule has 0 bridgehead atoms. The van der Waals surface area contributed by atoms with E-state index in [1.807, 2.05) is 30.3 Å². The molecule has 2 aromatic rings. The summed E-state index contributed by atoms with van der Waals surface area (Å²) in [5.74, 6) is -0.0144. The molecule has 0 radical (unpaired) electrons. The Morgan fingerprint density at radius 3 is 2.70 bits per heavy atom. The second-order valence-corrected chi connectivity index (χ2v) is 7.63. The lowest BCUT2D eigenvalue weighted by Crippen LogP contribution is -2.36. The Morgan fingerprint density at radius 2 is 2.09 bits per heavy atom. The van der Waals surface area contributed by atoms with Gasteiger partial charge in [0.25, 0.3) is 5.91 Å². The molecule has 2 heterocycles. The van der Waals surface area contributed by atoms with Crippen molar-refractivity contribution in [3.8, 4) is 11.4 Å². The van der Waals surface area contributed by atoms with Crippen LogP contribution in [-0.2, 0) is 9.84 Å². The summed E-state index contributed by atoms with van der Waals surface area (Å²) in [4.78, 5) is 12.4. The van der Waals surface area contributed by atoms with E-state index in [-0.39, 0.29) is 23.2 Å². The van der Waals surface area contributed by atoms with Crippen LogP contribution in [-0.4, -0.2) is 48.8 Å². The van der Waals surface area contributed by atoms with Crippen LogP contribution in [0.1, 0.15) is 16.9 Å². The van der Waals surface area contributed by atoms with Crippen molar-refractivity contribution in [2.24, 2.45) is 0 Å². The zero-order valence-corrected chi connectivity index (χ0v) is 13.4. The smallest absolute Gasteiger partial charge is 0.275 e. The number of sulfone groups is 1. The van der Waals surface area contributed by atoms with Crippen LogP contribution in [0.4, 0.5) is 0 Å². The number of nitrogens with one attached hydrogen (secondary N) is 1. The van der Waals surface area contributed by atoms with Crippen molar-refractivity contribution in [2.45, 2.75) is 12.5 Å². The number of aromatic nitrogens is 2. The monoisotopic (exact) mass is 335 g/mol. The lowest BCUT2D eigenvalue weighted by molar-refractivity contribution is 0.0932. The molecule has 0 spiro atoms. The Hall–Kier alpha value is -2.35. The van der Waals surface area contributed by atoms with E-state index >= 15 is 0 Å².